The largest absolute Gasteiger partial charge is 0.294 e. The van der Waals surface area contributed by atoms with Crippen molar-refractivity contribution in [2.24, 2.45) is 5.92 Å². The van der Waals surface area contributed by atoms with Crippen LogP contribution in [0.2, 0.25) is 19.6 Å². The standard InChI is InChI=1S/C13H22OS2Si/c1-8(2)11-7-10(14)9-6-12(17(3,4)5)16-13(9)15-11/h8,11-12H,6-7H2,1-5H3. The van der Waals surface area contributed by atoms with Crippen LogP contribution in [0, 0.1) is 5.92 Å². The van der Waals surface area contributed by atoms with E-state index in [0.29, 0.717) is 17.0 Å². The van der Waals surface area contributed by atoms with E-state index in [1.54, 1.807) is 0 Å². The van der Waals surface area contributed by atoms with Crippen LogP contribution in [0.25, 0.3) is 0 Å². The van der Waals surface area contributed by atoms with Crippen molar-refractivity contribution >= 4 is 37.4 Å². The summed E-state index contributed by atoms with van der Waals surface area (Å²) in [6.07, 6.45) is 1.81. The lowest BCUT2D eigenvalue weighted by Gasteiger charge is -2.25. The zero-order valence-electron chi connectivity index (χ0n) is 11.4. The first-order valence-corrected chi connectivity index (χ1v) is 11.7. The molecule has 0 N–H and O–H groups in total. The summed E-state index contributed by atoms with van der Waals surface area (Å²) in [4.78, 5) is 12.9. The fraction of sp³-hybridized carbons (Fsp3) is 0.769. The second kappa shape index (κ2) is 4.78. The molecule has 0 aromatic carbocycles. The van der Waals surface area contributed by atoms with Gasteiger partial charge in [-0.05, 0) is 12.3 Å². The summed E-state index contributed by atoms with van der Waals surface area (Å²) in [5.41, 5.74) is 1.17. The highest BCUT2D eigenvalue weighted by Gasteiger charge is 2.41. The molecule has 17 heavy (non-hydrogen) atoms. The van der Waals surface area contributed by atoms with Gasteiger partial charge in [-0.2, -0.15) is 0 Å². The van der Waals surface area contributed by atoms with Crippen molar-refractivity contribution in [2.75, 3.05) is 0 Å². The molecule has 96 valence electrons. The molecule has 0 saturated heterocycles. The lowest BCUT2D eigenvalue weighted by atomic mass is 10.00. The number of carbonyl (C=O) groups excluding carboxylic acids is 1. The van der Waals surface area contributed by atoms with E-state index in [1.807, 2.05) is 23.5 Å². The van der Waals surface area contributed by atoms with Gasteiger partial charge < -0.3 is 0 Å². The Morgan fingerprint density at radius 2 is 1.82 bits per heavy atom. The van der Waals surface area contributed by atoms with E-state index in [0.717, 1.165) is 17.7 Å². The fourth-order valence-electron chi connectivity index (χ4n) is 2.18. The van der Waals surface area contributed by atoms with Crippen LogP contribution >= 0.6 is 23.5 Å². The number of ketones is 1. The highest BCUT2D eigenvalue weighted by molar-refractivity contribution is 8.23. The van der Waals surface area contributed by atoms with Crippen molar-refractivity contribution in [3.63, 3.8) is 0 Å². The second-order valence-electron chi connectivity index (χ2n) is 6.47. The topological polar surface area (TPSA) is 17.1 Å². The molecule has 0 aromatic rings. The minimum absolute atomic E-state index is 0.436. The average molecular weight is 287 g/mol. The molecular formula is C13H22OS2Si. The van der Waals surface area contributed by atoms with Crippen LogP contribution in [-0.4, -0.2) is 24.0 Å². The Morgan fingerprint density at radius 3 is 2.35 bits per heavy atom. The first-order valence-electron chi connectivity index (χ1n) is 6.38. The molecule has 0 aliphatic carbocycles. The van der Waals surface area contributed by atoms with Crippen molar-refractivity contribution in [2.45, 2.75) is 56.5 Å². The third kappa shape index (κ3) is 2.84. The summed E-state index contributed by atoms with van der Waals surface area (Å²) in [7, 11) is -1.14. The third-order valence-corrected chi connectivity index (χ3v) is 11.2. The smallest absolute Gasteiger partial charge is 0.161 e. The maximum atomic E-state index is 12.2. The maximum Gasteiger partial charge on any atom is 0.161 e. The highest BCUT2D eigenvalue weighted by Crippen LogP contribution is 2.53. The Kier molecular flexibility index (Phi) is 3.87. The van der Waals surface area contributed by atoms with E-state index in [4.69, 9.17) is 0 Å². The van der Waals surface area contributed by atoms with E-state index >= 15 is 0 Å². The fourth-order valence-corrected chi connectivity index (χ4v) is 7.93. The van der Waals surface area contributed by atoms with E-state index in [9.17, 15) is 4.79 Å². The summed E-state index contributed by atoms with van der Waals surface area (Å²) in [6, 6.07) is 0. The molecule has 2 aliphatic rings. The first-order chi connectivity index (χ1) is 7.79. The minimum Gasteiger partial charge on any atom is -0.294 e. The summed E-state index contributed by atoms with van der Waals surface area (Å²) < 4.78 is 1.37. The van der Waals surface area contributed by atoms with Crippen molar-refractivity contribution in [3.8, 4) is 0 Å². The van der Waals surface area contributed by atoms with E-state index < -0.39 is 8.07 Å². The van der Waals surface area contributed by atoms with Crippen LogP contribution in [0.1, 0.15) is 26.7 Å². The molecule has 2 atom stereocenters. The van der Waals surface area contributed by atoms with Gasteiger partial charge in [0.25, 0.3) is 0 Å². The normalized spacial score (nSPS) is 30.1. The minimum atomic E-state index is -1.14. The number of Topliss-reactive ketones (excluding diaryl/α,β-unsaturated/α-hetero) is 1. The second-order valence-corrected chi connectivity index (χ2v) is 15.0. The lowest BCUT2D eigenvalue weighted by molar-refractivity contribution is -0.115. The predicted molar refractivity (Wildman–Crippen MR) is 82.2 cm³/mol. The van der Waals surface area contributed by atoms with Crippen LogP contribution in [0.5, 0.6) is 0 Å². The summed E-state index contributed by atoms with van der Waals surface area (Å²) >= 11 is 3.99. The molecule has 0 fully saturated rings. The first kappa shape index (κ1) is 13.8. The molecule has 2 heterocycles. The van der Waals surface area contributed by atoms with Gasteiger partial charge in [0.1, 0.15) is 0 Å². The van der Waals surface area contributed by atoms with Gasteiger partial charge in [-0.1, -0.05) is 33.5 Å². The molecule has 0 bridgehead atoms. The number of hydrogen-bond donors (Lipinski definition) is 0. The van der Waals surface area contributed by atoms with Gasteiger partial charge in [-0.3, -0.25) is 4.79 Å². The quantitative estimate of drug-likeness (QED) is 0.704. The number of rotatable bonds is 2. The van der Waals surface area contributed by atoms with Gasteiger partial charge in [0.2, 0.25) is 0 Å². The number of allylic oxidation sites excluding steroid dienone is 1. The summed E-state index contributed by atoms with van der Waals surface area (Å²) in [5.74, 6) is 1.04. The van der Waals surface area contributed by atoms with Crippen molar-refractivity contribution in [1.29, 1.82) is 0 Å². The Labute approximate surface area is 114 Å². The number of thioether (sulfide) groups is 2. The average Bonchev–Trinajstić information content (AvgIpc) is 2.60. The van der Waals surface area contributed by atoms with Gasteiger partial charge in [0, 0.05) is 26.4 Å². The lowest BCUT2D eigenvalue weighted by Crippen LogP contribution is -2.34. The van der Waals surface area contributed by atoms with Gasteiger partial charge in [0.15, 0.2) is 5.78 Å². The molecule has 0 saturated carbocycles. The third-order valence-electron chi connectivity index (χ3n) is 3.58. The molecule has 0 radical (unpaired) electrons. The Morgan fingerprint density at radius 1 is 1.18 bits per heavy atom. The molecule has 0 aromatic heterocycles. The molecule has 2 unspecified atom stereocenters. The molecule has 0 spiro atoms. The zero-order chi connectivity index (χ0) is 12.8. The molecular weight excluding hydrogens is 264 g/mol. The Bertz CT molecular complexity index is 368. The molecule has 1 nitrogen and oxygen atoms in total. The highest BCUT2D eigenvalue weighted by atomic mass is 32.2. The van der Waals surface area contributed by atoms with E-state index in [1.165, 1.54) is 9.81 Å². The van der Waals surface area contributed by atoms with E-state index in [-0.39, 0.29) is 0 Å². The molecule has 2 rings (SSSR count). The van der Waals surface area contributed by atoms with Crippen LogP contribution in [0.15, 0.2) is 9.81 Å². The van der Waals surface area contributed by atoms with Crippen LogP contribution in [0.3, 0.4) is 0 Å². The molecule has 2 aliphatic heterocycles. The Balaban J connectivity index is 2.14. The zero-order valence-corrected chi connectivity index (χ0v) is 14.0. The number of carbonyl (C=O) groups is 1. The summed E-state index contributed by atoms with van der Waals surface area (Å²) in [5, 5.41) is 0.508. The van der Waals surface area contributed by atoms with Gasteiger partial charge in [0.05, 0.1) is 8.07 Å². The molecule has 4 heteroatoms. The van der Waals surface area contributed by atoms with Crippen molar-refractivity contribution < 1.29 is 4.79 Å². The monoisotopic (exact) mass is 286 g/mol. The molecule has 0 amide bonds. The SMILES string of the molecule is CC(C)C1CC(=O)C2=C(S1)SC([Si](C)(C)C)C2. The van der Waals surface area contributed by atoms with Gasteiger partial charge in [-0.25, -0.2) is 0 Å². The Hall–Kier alpha value is 0.327. The van der Waals surface area contributed by atoms with Crippen LogP contribution < -0.4 is 0 Å². The van der Waals surface area contributed by atoms with Crippen molar-refractivity contribution in [1.82, 2.24) is 0 Å². The number of hydrogen-bond acceptors (Lipinski definition) is 3. The summed E-state index contributed by atoms with van der Waals surface area (Å²) in [6.45, 7) is 11.7. The van der Waals surface area contributed by atoms with Crippen LogP contribution in [-0.2, 0) is 4.79 Å². The van der Waals surface area contributed by atoms with Gasteiger partial charge in [-0.15, -0.1) is 23.5 Å². The van der Waals surface area contributed by atoms with Crippen LogP contribution in [0.4, 0.5) is 0 Å². The van der Waals surface area contributed by atoms with E-state index in [2.05, 4.69) is 33.5 Å². The van der Waals surface area contributed by atoms with Gasteiger partial charge >= 0.3 is 0 Å². The maximum absolute atomic E-state index is 12.2. The van der Waals surface area contributed by atoms with Crippen molar-refractivity contribution in [3.05, 3.63) is 9.81 Å². The predicted octanol–water partition coefficient (Wildman–Crippen LogP) is 4.31.